The first kappa shape index (κ1) is 22.9. The molecule has 0 aliphatic carbocycles. The number of sulfonamides is 1. The fourth-order valence-electron chi connectivity index (χ4n) is 3.42. The highest BCUT2D eigenvalue weighted by atomic mass is 32.2. The van der Waals surface area contributed by atoms with Crippen LogP contribution >= 0.6 is 0 Å². The van der Waals surface area contributed by atoms with E-state index in [1.165, 1.54) is 11.4 Å². The van der Waals surface area contributed by atoms with Crippen LogP contribution in [0.3, 0.4) is 0 Å². The van der Waals surface area contributed by atoms with E-state index in [0.29, 0.717) is 41.0 Å². The van der Waals surface area contributed by atoms with Crippen molar-refractivity contribution in [3.8, 4) is 0 Å². The molecule has 1 aliphatic heterocycles. The lowest BCUT2D eigenvalue weighted by atomic mass is 10.1. The van der Waals surface area contributed by atoms with Crippen LogP contribution in [0.4, 0.5) is 5.69 Å². The summed E-state index contributed by atoms with van der Waals surface area (Å²) in [5.41, 5.74) is 2.51. The van der Waals surface area contributed by atoms with Gasteiger partial charge in [0.05, 0.1) is 18.4 Å². The van der Waals surface area contributed by atoms with Gasteiger partial charge in [0.15, 0.2) is 0 Å². The first-order valence-corrected chi connectivity index (χ1v) is 11.6. The Morgan fingerprint density at radius 2 is 1.68 bits per heavy atom. The highest BCUT2D eigenvalue weighted by Crippen LogP contribution is 2.21. The first-order chi connectivity index (χ1) is 14.7. The van der Waals surface area contributed by atoms with Crippen LogP contribution in [0, 0.1) is 6.92 Å². The number of carbonyl (C=O) groups is 2. The number of rotatable bonds is 6. The number of nitrogens with one attached hydrogen (secondary N) is 1. The number of hydrogen-bond donors (Lipinski definition) is 1. The summed E-state index contributed by atoms with van der Waals surface area (Å²) in [4.78, 5) is 26.6. The SMILES string of the molecule is COC(=O)c1cccc(NC(=O)c2ccc(CS(=O)(=O)N3CCN(C)CC3)cc2)c1C. The predicted octanol–water partition coefficient (Wildman–Crippen LogP) is 2.11. The van der Waals surface area contributed by atoms with Gasteiger partial charge in [-0.15, -0.1) is 0 Å². The number of benzene rings is 2. The molecule has 31 heavy (non-hydrogen) atoms. The van der Waals surface area contributed by atoms with Crippen molar-refractivity contribution in [1.82, 2.24) is 9.21 Å². The van der Waals surface area contributed by atoms with Crippen LogP contribution in [0.2, 0.25) is 0 Å². The fraction of sp³-hybridized carbons (Fsp3) is 0.364. The Kier molecular flexibility index (Phi) is 7.09. The Labute approximate surface area is 182 Å². The summed E-state index contributed by atoms with van der Waals surface area (Å²) in [5, 5.41) is 2.79. The van der Waals surface area contributed by atoms with Crippen molar-refractivity contribution in [1.29, 1.82) is 0 Å². The average molecular weight is 446 g/mol. The third kappa shape index (κ3) is 5.49. The number of likely N-dealkylation sites (N-methyl/N-ethyl adjacent to an activating group) is 1. The number of esters is 1. The predicted molar refractivity (Wildman–Crippen MR) is 119 cm³/mol. The van der Waals surface area contributed by atoms with Crippen LogP contribution in [0.1, 0.15) is 31.8 Å². The van der Waals surface area contributed by atoms with Crippen LogP contribution in [0.25, 0.3) is 0 Å². The van der Waals surface area contributed by atoms with E-state index in [1.54, 1.807) is 49.4 Å². The van der Waals surface area contributed by atoms with Crippen molar-refractivity contribution in [2.24, 2.45) is 0 Å². The molecule has 0 bridgehead atoms. The Hall–Kier alpha value is -2.75. The molecule has 166 valence electrons. The molecule has 2 aromatic carbocycles. The van der Waals surface area contributed by atoms with Crippen molar-refractivity contribution in [3.63, 3.8) is 0 Å². The third-order valence-electron chi connectivity index (χ3n) is 5.41. The minimum Gasteiger partial charge on any atom is -0.465 e. The molecule has 0 spiro atoms. The van der Waals surface area contributed by atoms with Crippen LogP contribution in [0.15, 0.2) is 42.5 Å². The first-order valence-electron chi connectivity index (χ1n) is 9.96. The summed E-state index contributed by atoms with van der Waals surface area (Å²) in [5.74, 6) is -0.920. The molecule has 0 radical (unpaired) electrons. The van der Waals surface area contributed by atoms with Gasteiger partial charge in [-0.05, 0) is 49.4 Å². The average Bonchev–Trinajstić information content (AvgIpc) is 2.75. The van der Waals surface area contributed by atoms with Crippen LogP contribution < -0.4 is 5.32 Å². The Bertz CT molecular complexity index is 1060. The number of ether oxygens (including phenoxy) is 1. The lowest BCUT2D eigenvalue weighted by Gasteiger charge is -2.31. The number of nitrogens with zero attached hydrogens (tertiary/aromatic N) is 2. The number of piperazine rings is 1. The molecule has 1 saturated heterocycles. The van der Waals surface area contributed by atoms with E-state index < -0.39 is 16.0 Å². The minimum absolute atomic E-state index is 0.0983. The Morgan fingerprint density at radius 3 is 2.29 bits per heavy atom. The molecular weight excluding hydrogens is 418 g/mol. The van der Waals surface area contributed by atoms with Gasteiger partial charge in [-0.2, -0.15) is 4.31 Å². The maximum absolute atomic E-state index is 12.7. The minimum atomic E-state index is -3.40. The smallest absolute Gasteiger partial charge is 0.338 e. The van der Waals surface area contributed by atoms with Gasteiger partial charge in [0.25, 0.3) is 5.91 Å². The lowest BCUT2D eigenvalue weighted by molar-refractivity contribution is 0.0599. The van der Waals surface area contributed by atoms with Gasteiger partial charge in [0.1, 0.15) is 0 Å². The van der Waals surface area contributed by atoms with Crippen molar-refractivity contribution >= 4 is 27.6 Å². The monoisotopic (exact) mass is 445 g/mol. The van der Waals surface area contributed by atoms with Gasteiger partial charge in [0, 0.05) is 37.4 Å². The number of methoxy groups -OCH3 is 1. The maximum Gasteiger partial charge on any atom is 0.338 e. The molecule has 1 fully saturated rings. The van der Waals surface area contributed by atoms with Gasteiger partial charge < -0.3 is 15.0 Å². The van der Waals surface area contributed by atoms with Crippen molar-refractivity contribution in [3.05, 3.63) is 64.7 Å². The summed E-state index contributed by atoms with van der Waals surface area (Å²) < 4.78 is 31.6. The topological polar surface area (TPSA) is 96.0 Å². The van der Waals surface area contributed by atoms with E-state index in [9.17, 15) is 18.0 Å². The van der Waals surface area contributed by atoms with Gasteiger partial charge >= 0.3 is 5.97 Å². The fourth-order valence-corrected chi connectivity index (χ4v) is 4.93. The zero-order valence-corrected chi connectivity index (χ0v) is 18.7. The molecule has 0 atom stereocenters. The van der Waals surface area contributed by atoms with Gasteiger partial charge in [-0.25, -0.2) is 13.2 Å². The highest BCUT2D eigenvalue weighted by Gasteiger charge is 2.26. The second kappa shape index (κ2) is 9.59. The van der Waals surface area contributed by atoms with Crippen molar-refractivity contribution in [2.45, 2.75) is 12.7 Å². The molecule has 0 saturated carbocycles. The van der Waals surface area contributed by atoms with Crippen molar-refractivity contribution in [2.75, 3.05) is 45.7 Å². The summed E-state index contributed by atoms with van der Waals surface area (Å²) in [6.45, 7) is 4.14. The van der Waals surface area contributed by atoms with Crippen LogP contribution in [-0.4, -0.2) is 69.8 Å². The quantitative estimate of drug-likeness (QED) is 0.685. The standard InChI is InChI=1S/C22H27N3O5S/c1-16-19(22(27)30-3)5-4-6-20(16)23-21(26)18-9-7-17(8-10-18)15-31(28,29)25-13-11-24(2)12-14-25/h4-10H,11-15H2,1-3H3,(H,23,26). The number of amides is 1. The van der Waals surface area contributed by atoms with E-state index in [4.69, 9.17) is 4.74 Å². The second-order valence-electron chi connectivity index (χ2n) is 7.58. The van der Waals surface area contributed by atoms with Gasteiger partial charge in [0.2, 0.25) is 10.0 Å². The summed E-state index contributed by atoms with van der Waals surface area (Å²) >= 11 is 0. The number of hydrogen-bond acceptors (Lipinski definition) is 6. The summed E-state index contributed by atoms with van der Waals surface area (Å²) in [6.07, 6.45) is 0. The largest absolute Gasteiger partial charge is 0.465 e. The Morgan fingerprint density at radius 1 is 1.03 bits per heavy atom. The van der Waals surface area contributed by atoms with E-state index in [0.717, 1.165) is 13.1 Å². The molecule has 0 unspecified atom stereocenters. The lowest BCUT2D eigenvalue weighted by Crippen LogP contribution is -2.47. The normalized spacial score (nSPS) is 15.5. The van der Waals surface area contributed by atoms with E-state index >= 15 is 0 Å². The summed E-state index contributed by atoms with van der Waals surface area (Å²) in [7, 11) is -0.123. The zero-order valence-electron chi connectivity index (χ0n) is 17.9. The van der Waals surface area contributed by atoms with Gasteiger partial charge in [-0.3, -0.25) is 4.79 Å². The molecule has 2 aromatic rings. The molecule has 1 amide bonds. The summed E-state index contributed by atoms with van der Waals surface area (Å²) in [6, 6.07) is 11.5. The second-order valence-corrected chi connectivity index (χ2v) is 9.55. The zero-order chi connectivity index (χ0) is 22.6. The van der Waals surface area contributed by atoms with Crippen LogP contribution in [0.5, 0.6) is 0 Å². The molecule has 1 heterocycles. The highest BCUT2D eigenvalue weighted by molar-refractivity contribution is 7.88. The number of anilines is 1. The van der Waals surface area contributed by atoms with Crippen LogP contribution in [-0.2, 0) is 20.5 Å². The molecule has 0 aromatic heterocycles. The number of carbonyl (C=O) groups excluding carboxylic acids is 2. The molecule has 9 heteroatoms. The molecular formula is C22H27N3O5S. The maximum atomic E-state index is 12.7. The molecule has 1 N–H and O–H groups in total. The van der Waals surface area contributed by atoms with E-state index in [-0.39, 0.29) is 11.7 Å². The van der Waals surface area contributed by atoms with Gasteiger partial charge in [-0.1, -0.05) is 18.2 Å². The van der Waals surface area contributed by atoms with Crippen molar-refractivity contribution < 1.29 is 22.7 Å². The van der Waals surface area contributed by atoms with E-state index in [2.05, 4.69) is 10.2 Å². The third-order valence-corrected chi connectivity index (χ3v) is 7.26. The molecule has 8 nitrogen and oxygen atoms in total. The molecule has 3 rings (SSSR count). The van der Waals surface area contributed by atoms with E-state index in [1.807, 2.05) is 7.05 Å². The Balaban J connectivity index is 1.68. The molecule has 1 aliphatic rings.